The Labute approximate surface area is 77.9 Å². The van der Waals surface area contributed by atoms with E-state index in [2.05, 4.69) is 20.9 Å². The van der Waals surface area contributed by atoms with Gasteiger partial charge in [-0.05, 0) is 27.6 Å². The summed E-state index contributed by atoms with van der Waals surface area (Å²) >= 11 is 3.24. The van der Waals surface area contributed by atoms with Crippen LogP contribution in [0, 0.1) is 10.1 Å². The van der Waals surface area contributed by atoms with E-state index in [1.54, 1.807) is 12.4 Å². The molecule has 0 aromatic carbocycles. The van der Waals surface area contributed by atoms with Crippen molar-refractivity contribution in [2.24, 2.45) is 0 Å². The molecule has 0 atom stereocenters. The van der Waals surface area contributed by atoms with E-state index >= 15 is 0 Å². The largest absolute Gasteiger partial charge is 0.265 e. The molecule has 0 N–H and O–H groups in total. The maximum absolute atomic E-state index is 10.0. The summed E-state index contributed by atoms with van der Waals surface area (Å²) in [5, 5.41) is 10.0. The molecule has 0 spiro atoms. The van der Waals surface area contributed by atoms with E-state index in [0.29, 0.717) is 6.42 Å². The molecular weight excluding hydrogens is 224 g/mol. The lowest BCUT2D eigenvalue weighted by molar-refractivity contribution is -0.479. The predicted octanol–water partition coefficient (Wildman–Crippen LogP) is 1.66. The van der Waals surface area contributed by atoms with Crippen molar-refractivity contribution in [3.8, 4) is 0 Å². The minimum Gasteiger partial charge on any atom is -0.265 e. The summed E-state index contributed by atoms with van der Waals surface area (Å²) in [7, 11) is 0. The smallest absolute Gasteiger partial charge is 0.207 e. The van der Waals surface area contributed by atoms with Gasteiger partial charge < -0.3 is 0 Å². The van der Waals surface area contributed by atoms with Crippen LogP contribution >= 0.6 is 15.9 Å². The number of hydrogen-bond donors (Lipinski definition) is 0. The molecule has 1 rings (SSSR count). The highest BCUT2D eigenvalue weighted by molar-refractivity contribution is 9.10. The fraction of sp³-hybridized carbons (Fsp3) is 0.286. The highest BCUT2D eigenvalue weighted by atomic mass is 79.9. The predicted molar refractivity (Wildman–Crippen MR) is 47.5 cm³/mol. The summed E-state index contributed by atoms with van der Waals surface area (Å²) in [4.78, 5) is 13.6. The summed E-state index contributed by atoms with van der Waals surface area (Å²) in [6.45, 7) is -0.0435. The second kappa shape index (κ2) is 4.15. The number of pyridine rings is 1. The van der Waals surface area contributed by atoms with Gasteiger partial charge in [-0.2, -0.15) is 0 Å². The summed E-state index contributed by atoms with van der Waals surface area (Å²) in [5.41, 5.74) is 0.876. The Bertz CT molecular complexity index is 290. The molecule has 0 bridgehead atoms. The van der Waals surface area contributed by atoms with Gasteiger partial charge in [0.25, 0.3) is 0 Å². The van der Waals surface area contributed by atoms with Gasteiger partial charge in [0.1, 0.15) is 0 Å². The summed E-state index contributed by atoms with van der Waals surface area (Å²) in [6, 6.07) is 1.83. The molecule has 0 aliphatic carbocycles. The standard InChI is InChI=1S/C7H7BrN2O2/c8-7-3-6(4-9-5-7)1-2-10(11)12/h3-5H,1-2H2. The topological polar surface area (TPSA) is 56.0 Å². The van der Waals surface area contributed by atoms with Crippen molar-refractivity contribution in [2.75, 3.05) is 6.54 Å². The molecule has 5 heteroatoms. The molecule has 0 aliphatic heterocycles. The molecule has 12 heavy (non-hydrogen) atoms. The molecule has 0 amide bonds. The average Bonchev–Trinajstić information content (AvgIpc) is 2.01. The fourth-order valence-electron chi connectivity index (χ4n) is 0.813. The monoisotopic (exact) mass is 230 g/mol. The number of aromatic nitrogens is 1. The molecule has 0 radical (unpaired) electrons. The van der Waals surface area contributed by atoms with Crippen LogP contribution in [0.1, 0.15) is 5.56 Å². The Kier molecular flexibility index (Phi) is 3.16. The summed E-state index contributed by atoms with van der Waals surface area (Å²) in [5.74, 6) is 0. The van der Waals surface area contributed by atoms with Crippen LogP contribution < -0.4 is 0 Å². The molecule has 0 saturated carbocycles. The summed E-state index contributed by atoms with van der Waals surface area (Å²) < 4.78 is 0.850. The first kappa shape index (κ1) is 9.12. The number of nitro groups is 1. The van der Waals surface area contributed by atoms with Crippen molar-refractivity contribution in [3.63, 3.8) is 0 Å². The lowest BCUT2D eigenvalue weighted by atomic mass is 10.2. The molecule has 1 aromatic rings. The van der Waals surface area contributed by atoms with Gasteiger partial charge in [0.2, 0.25) is 6.54 Å². The van der Waals surface area contributed by atoms with Gasteiger partial charge in [-0.3, -0.25) is 15.1 Å². The zero-order chi connectivity index (χ0) is 8.97. The van der Waals surface area contributed by atoms with E-state index in [9.17, 15) is 10.1 Å². The zero-order valence-corrected chi connectivity index (χ0v) is 7.82. The molecule has 0 fully saturated rings. The maximum atomic E-state index is 10.0. The van der Waals surface area contributed by atoms with Crippen LogP contribution in [0.25, 0.3) is 0 Å². The Morgan fingerprint density at radius 3 is 2.92 bits per heavy atom. The van der Waals surface area contributed by atoms with Gasteiger partial charge in [0.05, 0.1) is 0 Å². The van der Waals surface area contributed by atoms with Crippen molar-refractivity contribution < 1.29 is 4.92 Å². The molecule has 64 valence electrons. The second-order valence-electron chi connectivity index (χ2n) is 2.32. The van der Waals surface area contributed by atoms with Crippen LogP contribution in [-0.4, -0.2) is 16.5 Å². The molecule has 4 nitrogen and oxygen atoms in total. The van der Waals surface area contributed by atoms with E-state index in [0.717, 1.165) is 10.0 Å². The van der Waals surface area contributed by atoms with E-state index in [1.165, 1.54) is 0 Å². The van der Waals surface area contributed by atoms with Crippen LogP contribution in [0.4, 0.5) is 0 Å². The fourth-order valence-corrected chi connectivity index (χ4v) is 1.23. The third kappa shape index (κ3) is 2.96. The van der Waals surface area contributed by atoms with Crippen molar-refractivity contribution in [1.29, 1.82) is 0 Å². The third-order valence-electron chi connectivity index (χ3n) is 1.34. The number of hydrogen-bond acceptors (Lipinski definition) is 3. The highest BCUT2D eigenvalue weighted by Gasteiger charge is 1.99. The SMILES string of the molecule is O=[N+]([O-])CCc1cncc(Br)c1. The Balaban J connectivity index is 2.57. The number of halogens is 1. The first-order chi connectivity index (χ1) is 5.68. The van der Waals surface area contributed by atoms with Gasteiger partial charge >= 0.3 is 0 Å². The van der Waals surface area contributed by atoms with Crippen molar-refractivity contribution >= 4 is 15.9 Å². The minimum atomic E-state index is -0.332. The lowest BCUT2D eigenvalue weighted by Crippen LogP contribution is -2.03. The van der Waals surface area contributed by atoms with Crippen LogP contribution in [-0.2, 0) is 6.42 Å². The number of rotatable bonds is 3. The van der Waals surface area contributed by atoms with E-state index in [1.807, 2.05) is 6.07 Å². The van der Waals surface area contributed by atoms with Crippen LogP contribution in [0.15, 0.2) is 22.9 Å². The van der Waals surface area contributed by atoms with Crippen molar-refractivity contribution in [1.82, 2.24) is 4.98 Å². The molecule has 0 saturated heterocycles. The van der Waals surface area contributed by atoms with Crippen molar-refractivity contribution in [3.05, 3.63) is 38.6 Å². The van der Waals surface area contributed by atoms with Crippen LogP contribution in [0.5, 0.6) is 0 Å². The van der Waals surface area contributed by atoms with E-state index in [4.69, 9.17) is 0 Å². The Hall–Kier alpha value is -0.970. The molecule has 0 aliphatic rings. The zero-order valence-electron chi connectivity index (χ0n) is 6.24. The van der Waals surface area contributed by atoms with Gasteiger partial charge in [-0.25, -0.2) is 0 Å². The van der Waals surface area contributed by atoms with Crippen molar-refractivity contribution in [2.45, 2.75) is 6.42 Å². The van der Waals surface area contributed by atoms with Gasteiger partial charge in [0.15, 0.2) is 0 Å². The van der Waals surface area contributed by atoms with E-state index in [-0.39, 0.29) is 11.5 Å². The number of nitrogens with zero attached hydrogens (tertiary/aromatic N) is 2. The molecule has 1 heterocycles. The average molecular weight is 231 g/mol. The van der Waals surface area contributed by atoms with Crippen LogP contribution in [0.2, 0.25) is 0 Å². The van der Waals surface area contributed by atoms with Gasteiger partial charge in [-0.15, -0.1) is 0 Å². The second-order valence-corrected chi connectivity index (χ2v) is 3.23. The highest BCUT2D eigenvalue weighted by Crippen LogP contribution is 2.09. The normalized spacial score (nSPS) is 9.75. The Morgan fingerprint density at radius 2 is 2.33 bits per heavy atom. The quantitative estimate of drug-likeness (QED) is 0.587. The lowest BCUT2D eigenvalue weighted by Gasteiger charge is -1.96. The van der Waals surface area contributed by atoms with Gasteiger partial charge in [0, 0.05) is 28.2 Å². The maximum Gasteiger partial charge on any atom is 0.207 e. The van der Waals surface area contributed by atoms with Crippen LogP contribution in [0.3, 0.4) is 0 Å². The minimum absolute atomic E-state index is 0.0435. The molecule has 1 aromatic heterocycles. The Morgan fingerprint density at radius 1 is 1.58 bits per heavy atom. The first-order valence-corrected chi connectivity index (χ1v) is 4.19. The molecule has 0 unspecified atom stereocenters. The van der Waals surface area contributed by atoms with Gasteiger partial charge in [-0.1, -0.05) is 0 Å². The first-order valence-electron chi connectivity index (χ1n) is 3.40. The summed E-state index contributed by atoms with van der Waals surface area (Å²) in [6.07, 6.45) is 3.71. The molecular formula is C7H7BrN2O2. The van der Waals surface area contributed by atoms with E-state index < -0.39 is 0 Å². The third-order valence-corrected chi connectivity index (χ3v) is 1.78.